The molecular weight excluding hydrogens is 328 g/mol. The molecule has 6 heteroatoms. The van der Waals surface area contributed by atoms with Crippen molar-refractivity contribution >= 4 is 17.8 Å². The number of likely N-dealkylation sites (tertiary alicyclic amines) is 1. The Balaban J connectivity index is 1.50. The Bertz CT molecular complexity index is 884. The summed E-state index contributed by atoms with van der Waals surface area (Å²) in [6.07, 6.45) is 0.979. The number of benzene rings is 2. The highest BCUT2D eigenvalue weighted by atomic mass is 16.2. The van der Waals surface area contributed by atoms with Gasteiger partial charge in [0.25, 0.3) is 11.8 Å². The van der Waals surface area contributed by atoms with Gasteiger partial charge < -0.3 is 10.6 Å². The molecule has 0 aliphatic carbocycles. The summed E-state index contributed by atoms with van der Waals surface area (Å²) in [6.45, 7) is 0.969. The van der Waals surface area contributed by atoms with E-state index in [0.29, 0.717) is 31.5 Å². The van der Waals surface area contributed by atoms with Crippen LogP contribution in [0, 0.1) is 0 Å². The van der Waals surface area contributed by atoms with Crippen molar-refractivity contribution < 1.29 is 9.59 Å². The molecule has 4 rings (SSSR count). The smallest absolute Gasteiger partial charge is 0.254 e. The highest BCUT2D eigenvalue weighted by Gasteiger charge is 2.46. The molecule has 0 atom stereocenters. The van der Waals surface area contributed by atoms with E-state index < -0.39 is 5.54 Å². The summed E-state index contributed by atoms with van der Waals surface area (Å²) in [4.78, 5) is 31.1. The summed E-state index contributed by atoms with van der Waals surface area (Å²) in [6, 6.07) is 17.6. The fourth-order valence-electron chi connectivity index (χ4n) is 3.61. The lowest BCUT2D eigenvalue weighted by atomic mass is 9.87. The number of hydrogen-bond donors (Lipinski definition) is 2. The Hall–Kier alpha value is -3.15. The maximum absolute atomic E-state index is 12.9. The number of hydrogen-bond acceptors (Lipinski definition) is 4. The Morgan fingerprint density at radius 1 is 1.04 bits per heavy atom. The van der Waals surface area contributed by atoms with Crippen molar-refractivity contribution in [1.82, 2.24) is 10.2 Å². The molecule has 2 aromatic carbocycles. The molecule has 132 valence electrons. The monoisotopic (exact) mass is 348 g/mol. The average molecular weight is 348 g/mol. The van der Waals surface area contributed by atoms with Gasteiger partial charge in [0.15, 0.2) is 5.96 Å². The van der Waals surface area contributed by atoms with Crippen molar-refractivity contribution in [2.75, 3.05) is 13.1 Å². The van der Waals surface area contributed by atoms with E-state index in [4.69, 9.17) is 5.73 Å². The highest BCUT2D eigenvalue weighted by Crippen LogP contribution is 2.30. The number of piperidine rings is 1. The molecule has 26 heavy (non-hydrogen) atoms. The molecule has 0 radical (unpaired) electrons. The van der Waals surface area contributed by atoms with Crippen LogP contribution in [0.25, 0.3) is 11.1 Å². The van der Waals surface area contributed by atoms with Gasteiger partial charge in [0.1, 0.15) is 5.54 Å². The van der Waals surface area contributed by atoms with Crippen molar-refractivity contribution in [2.45, 2.75) is 18.4 Å². The predicted molar refractivity (Wildman–Crippen MR) is 99.5 cm³/mol. The van der Waals surface area contributed by atoms with Gasteiger partial charge in [0.05, 0.1) is 0 Å². The lowest BCUT2D eigenvalue weighted by Crippen LogP contribution is -2.50. The molecule has 2 aromatic rings. The number of carbonyl (C=O) groups is 2. The molecule has 6 nitrogen and oxygen atoms in total. The van der Waals surface area contributed by atoms with Crippen LogP contribution in [-0.4, -0.2) is 41.3 Å². The lowest BCUT2D eigenvalue weighted by molar-refractivity contribution is -0.125. The van der Waals surface area contributed by atoms with Gasteiger partial charge in [0, 0.05) is 18.7 Å². The molecule has 3 N–H and O–H groups in total. The number of nitrogens with zero attached hydrogens (tertiary/aromatic N) is 2. The Kier molecular flexibility index (Phi) is 3.95. The fourth-order valence-corrected chi connectivity index (χ4v) is 3.61. The molecule has 0 bridgehead atoms. The van der Waals surface area contributed by atoms with Gasteiger partial charge in [0.2, 0.25) is 0 Å². The molecule has 0 unspecified atom stereocenters. The summed E-state index contributed by atoms with van der Waals surface area (Å²) in [5.41, 5.74) is 7.57. The molecule has 0 aromatic heterocycles. The van der Waals surface area contributed by atoms with Crippen LogP contribution in [0.1, 0.15) is 23.2 Å². The van der Waals surface area contributed by atoms with Crippen LogP contribution < -0.4 is 11.1 Å². The first kappa shape index (κ1) is 16.3. The van der Waals surface area contributed by atoms with E-state index in [0.717, 1.165) is 11.1 Å². The highest BCUT2D eigenvalue weighted by molar-refractivity contribution is 6.07. The number of rotatable bonds is 2. The summed E-state index contributed by atoms with van der Waals surface area (Å²) in [5, 5.41) is 2.56. The van der Waals surface area contributed by atoms with Gasteiger partial charge in [-0.1, -0.05) is 42.5 Å². The Morgan fingerprint density at radius 3 is 2.38 bits per heavy atom. The number of guanidine groups is 1. The third-order valence-electron chi connectivity index (χ3n) is 5.09. The van der Waals surface area contributed by atoms with Gasteiger partial charge in [-0.25, -0.2) is 4.99 Å². The predicted octanol–water partition coefficient (Wildman–Crippen LogP) is 1.77. The van der Waals surface area contributed by atoms with Crippen molar-refractivity contribution in [3.63, 3.8) is 0 Å². The standard InChI is InChI=1S/C20H20N4O2/c21-19-22-18(26)20(23-19)9-11-24(12-10-20)17(25)16-8-4-7-15(13-16)14-5-2-1-3-6-14/h1-8,13H,9-12H2,(H3,21,22,23,26). The lowest BCUT2D eigenvalue weighted by Gasteiger charge is -2.35. The van der Waals surface area contributed by atoms with E-state index in [1.165, 1.54) is 0 Å². The molecule has 1 fully saturated rings. The van der Waals surface area contributed by atoms with Crippen molar-refractivity contribution in [3.8, 4) is 11.1 Å². The third-order valence-corrected chi connectivity index (χ3v) is 5.09. The first-order valence-corrected chi connectivity index (χ1v) is 8.69. The summed E-state index contributed by atoms with van der Waals surface area (Å²) >= 11 is 0. The minimum absolute atomic E-state index is 0.0204. The van der Waals surface area contributed by atoms with Crippen LogP contribution in [0.2, 0.25) is 0 Å². The van der Waals surface area contributed by atoms with E-state index in [1.54, 1.807) is 4.90 Å². The van der Waals surface area contributed by atoms with Gasteiger partial charge in [-0.15, -0.1) is 0 Å². The van der Waals surface area contributed by atoms with Gasteiger partial charge >= 0.3 is 0 Å². The average Bonchev–Trinajstić information content (AvgIpc) is 2.95. The maximum atomic E-state index is 12.9. The number of amides is 2. The van der Waals surface area contributed by atoms with Crippen LogP contribution in [0.5, 0.6) is 0 Å². The van der Waals surface area contributed by atoms with Crippen molar-refractivity contribution in [2.24, 2.45) is 10.7 Å². The van der Waals surface area contributed by atoms with E-state index in [9.17, 15) is 9.59 Å². The van der Waals surface area contributed by atoms with Crippen LogP contribution in [-0.2, 0) is 4.79 Å². The number of carbonyl (C=O) groups excluding carboxylic acids is 2. The summed E-state index contributed by atoms with van der Waals surface area (Å²) in [7, 11) is 0. The van der Waals surface area contributed by atoms with Gasteiger partial charge in [-0.05, 0) is 36.1 Å². The SMILES string of the molecule is NC1=NC2(CCN(C(=O)c3cccc(-c4ccccc4)c3)CC2)C(=O)N1. The van der Waals surface area contributed by atoms with Crippen LogP contribution in [0.15, 0.2) is 59.6 Å². The molecule has 2 aliphatic heterocycles. The number of nitrogens with one attached hydrogen (secondary N) is 1. The molecule has 1 saturated heterocycles. The largest absolute Gasteiger partial charge is 0.370 e. The molecule has 1 spiro atoms. The second-order valence-electron chi connectivity index (χ2n) is 6.72. The van der Waals surface area contributed by atoms with Crippen LogP contribution in [0.4, 0.5) is 0 Å². The second kappa shape index (κ2) is 6.29. The Morgan fingerprint density at radius 2 is 1.73 bits per heavy atom. The zero-order valence-corrected chi connectivity index (χ0v) is 14.3. The van der Waals surface area contributed by atoms with Crippen LogP contribution >= 0.6 is 0 Å². The second-order valence-corrected chi connectivity index (χ2v) is 6.72. The quantitative estimate of drug-likeness (QED) is 0.867. The van der Waals surface area contributed by atoms with Gasteiger partial charge in [-0.2, -0.15) is 0 Å². The fraction of sp³-hybridized carbons (Fsp3) is 0.250. The topological polar surface area (TPSA) is 87.8 Å². The molecular formula is C20H20N4O2. The molecule has 0 saturated carbocycles. The van der Waals surface area contributed by atoms with E-state index >= 15 is 0 Å². The minimum atomic E-state index is -0.799. The molecule has 2 heterocycles. The van der Waals surface area contributed by atoms with E-state index in [-0.39, 0.29) is 17.8 Å². The van der Waals surface area contributed by atoms with Crippen molar-refractivity contribution in [1.29, 1.82) is 0 Å². The van der Waals surface area contributed by atoms with Crippen molar-refractivity contribution in [3.05, 3.63) is 60.2 Å². The summed E-state index contributed by atoms with van der Waals surface area (Å²) < 4.78 is 0. The number of nitrogens with two attached hydrogens (primary N) is 1. The third kappa shape index (κ3) is 2.83. The first-order valence-electron chi connectivity index (χ1n) is 8.69. The first-order chi connectivity index (χ1) is 12.6. The number of aliphatic imine (C=N–C) groups is 1. The zero-order valence-electron chi connectivity index (χ0n) is 14.3. The van der Waals surface area contributed by atoms with Gasteiger partial charge in [-0.3, -0.25) is 14.9 Å². The normalized spacial score (nSPS) is 18.5. The minimum Gasteiger partial charge on any atom is -0.370 e. The van der Waals surface area contributed by atoms with E-state index in [2.05, 4.69) is 10.3 Å². The zero-order chi connectivity index (χ0) is 18.1. The summed E-state index contributed by atoms with van der Waals surface area (Å²) in [5.74, 6) is -0.00787. The molecule has 2 aliphatic rings. The van der Waals surface area contributed by atoms with E-state index in [1.807, 2.05) is 54.6 Å². The maximum Gasteiger partial charge on any atom is 0.254 e. The van der Waals surface area contributed by atoms with Crippen LogP contribution in [0.3, 0.4) is 0 Å². The Labute approximate surface area is 151 Å². The molecule has 2 amide bonds.